The van der Waals surface area contributed by atoms with Crippen molar-refractivity contribution in [3.63, 3.8) is 0 Å². The zero-order chi connectivity index (χ0) is 26.8. The maximum absolute atomic E-state index is 12.5. The topological polar surface area (TPSA) is 35.5 Å². The van der Waals surface area contributed by atoms with E-state index in [0.29, 0.717) is 11.5 Å². The Kier molecular flexibility index (Phi) is 14.9. The van der Waals surface area contributed by atoms with Crippen molar-refractivity contribution in [3.8, 4) is 16.2 Å². The van der Waals surface area contributed by atoms with Crippen LogP contribution in [-0.4, -0.2) is 19.2 Å². The van der Waals surface area contributed by atoms with Crippen LogP contribution in [0.1, 0.15) is 126 Å². The molecule has 0 N–H and O–H groups in total. The zero-order valence-corrected chi connectivity index (χ0v) is 25.4. The number of rotatable bonds is 21. The fraction of sp³-hybridized carbons (Fsp3) is 0.606. The first kappa shape index (κ1) is 30.7. The van der Waals surface area contributed by atoms with Gasteiger partial charge in [0.25, 0.3) is 0 Å². The Hall–Kier alpha value is -1.85. The molecule has 0 bridgehead atoms. The predicted molar refractivity (Wildman–Crippen MR) is 166 cm³/mol. The van der Waals surface area contributed by atoms with Crippen LogP contribution in [0.15, 0.2) is 36.4 Å². The second kappa shape index (κ2) is 18.4. The van der Waals surface area contributed by atoms with E-state index in [0.717, 1.165) is 41.0 Å². The fourth-order valence-electron chi connectivity index (χ4n) is 4.69. The van der Waals surface area contributed by atoms with Crippen LogP contribution in [0.3, 0.4) is 0 Å². The predicted octanol–water partition coefficient (Wildman–Crippen LogP) is 11.4. The van der Waals surface area contributed by atoms with Gasteiger partial charge < -0.3 is 9.47 Å². The van der Waals surface area contributed by atoms with Crippen LogP contribution in [0, 0.1) is 0 Å². The van der Waals surface area contributed by atoms with E-state index in [1.54, 1.807) is 11.3 Å². The number of carbonyl (C=O) groups is 1. The molecule has 0 radical (unpaired) electrons. The minimum absolute atomic E-state index is 0.180. The Balaban J connectivity index is 1.34. The molecule has 0 aliphatic rings. The van der Waals surface area contributed by atoms with E-state index >= 15 is 0 Å². The molecule has 0 unspecified atom stereocenters. The lowest BCUT2D eigenvalue weighted by atomic mass is 10.1. The molecule has 0 saturated heterocycles. The summed E-state index contributed by atoms with van der Waals surface area (Å²) in [6.07, 6.45) is 20.5. The molecule has 1 aromatic carbocycles. The minimum atomic E-state index is -0.180. The lowest BCUT2D eigenvalue weighted by Crippen LogP contribution is -2.04. The second-order valence-corrected chi connectivity index (χ2v) is 12.6. The molecule has 210 valence electrons. The van der Waals surface area contributed by atoms with E-state index in [2.05, 4.69) is 44.2 Å². The molecule has 0 spiro atoms. The Labute approximate surface area is 239 Å². The molecular weight excluding hydrogens is 508 g/mol. The lowest BCUT2D eigenvalue weighted by molar-refractivity contribution is 0.0503. The molecule has 5 heteroatoms. The highest BCUT2D eigenvalue weighted by atomic mass is 32.1. The van der Waals surface area contributed by atoms with E-state index in [4.69, 9.17) is 9.47 Å². The summed E-state index contributed by atoms with van der Waals surface area (Å²) in [5, 5.41) is 0. The molecule has 0 fully saturated rings. The normalized spacial score (nSPS) is 11.3. The SMILES string of the molecule is CCCCCCCCCCOC(=O)c1cc2sc(-c3ccc(OCCCCCCCCCC)cc3)cc2s1. The molecule has 0 atom stereocenters. The molecule has 0 amide bonds. The molecular formula is C33H48O3S2. The van der Waals surface area contributed by atoms with E-state index in [1.807, 2.05) is 6.07 Å². The zero-order valence-electron chi connectivity index (χ0n) is 23.7. The van der Waals surface area contributed by atoms with Gasteiger partial charge in [-0.3, -0.25) is 0 Å². The number of unbranched alkanes of at least 4 members (excludes halogenated alkanes) is 14. The quantitative estimate of drug-likeness (QED) is 0.0966. The number of thiophene rings is 2. The average Bonchev–Trinajstić information content (AvgIpc) is 3.51. The van der Waals surface area contributed by atoms with Crippen LogP contribution in [0.2, 0.25) is 0 Å². The number of fused-ring (bicyclic) bond motifs is 1. The summed E-state index contributed by atoms with van der Waals surface area (Å²) >= 11 is 3.27. The van der Waals surface area contributed by atoms with Crippen molar-refractivity contribution in [3.05, 3.63) is 41.3 Å². The summed E-state index contributed by atoms with van der Waals surface area (Å²) in [6, 6.07) is 12.6. The van der Waals surface area contributed by atoms with Gasteiger partial charge in [0.2, 0.25) is 0 Å². The third-order valence-electron chi connectivity index (χ3n) is 7.04. The van der Waals surface area contributed by atoms with Crippen LogP contribution in [0.5, 0.6) is 5.75 Å². The van der Waals surface area contributed by atoms with Gasteiger partial charge in [0.05, 0.1) is 13.2 Å². The smallest absolute Gasteiger partial charge is 0.348 e. The Morgan fingerprint density at radius 3 is 1.74 bits per heavy atom. The first-order chi connectivity index (χ1) is 18.7. The number of hydrogen-bond acceptors (Lipinski definition) is 5. The average molecular weight is 557 g/mol. The van der Waals surface area contributed by atoms with Gasteiger partial charge in [0.1, 0.15) is 10.6 Å². The first-order valence-electron chi connectivity index (χ1n) is 15.1. The van der Waals surface area contributed by atoms with Crippen molar-refractivity contribution in [1.29, 1.82) is 0 Å². The molecule has 38 heavy (non-hydrogen) atoms. The fourth-order valence-corrected chi connectivity index (χ4v) is 6.99. The molecule has 2 aromatic heterocycles. The number of ether oxygens (including phenoxy) is 2. The molecule has 0 aliphatic carbocycles. The third kappa shape index (κ3) is 11.1. The summed E-state index contributed by atoms with van der Waals surface area (Å²) in [5.41, 5.74) is 1.19. The molecule has 3 rings (SSSR count). The Morgan fingerprint density at radius 2 is 1.16 bits per heavy atom. The minimum Gasteiger partial charge on any atom is -0.494 e. The highest BCUT2D eigenvalue weighted by Gasteiger charge is 2.14. The van der Waals surface area contributed by atoms with E-state index in [9.17, 15) is 4.79 Å². The third-order valence-corrected chi connectivity index (χ3v) is 9.37. The van der Waals surface area contributed by atoms with E-state index in [1.165, 1.54) is 105 Å². The first-order valence-corrected chi connectivity index (χ1v) is 16.8. The number of carbonyl (C=O) groups excluding carboxylic acids is 1. The van der Waals surface area contributed by atoms with Crippen molar-refractivity contribution in [2.75, 3.05) is 13.2 Å². The van der Waals surface area contributed by atoms with Crippen LogP contribution in [-0.2, 0) is 4.74 Å². The monoisotopic (exact) mass is 556 g/mol. The van der Waals surface area contributed by atoms with Crippen molar-refractivity contribution in [1.82, 2.24) is 0 Å². The van der Waals surface area contributed by atoms with Gasteiger partial charge in [-0.15, -0.1) is 22.7 Å². The van der Waals surface area contributed by atoms with E-state index in [-0.39, 0.29) is 5.97 Å². The standard InChI is InChI=1S/C33H48O3S2/c1-3-5-7-9-11-13-15-17-23-35-28-21-19-27(20-22-28)29-25-30-31(37-29)26-32(38-30)33(34)36-24-18-16-14-12-10-8-6-4-2/h19-22,25-26H,3-18,23-24H2,1-2H3. The van der Waals surface area contributed by atoms with Crippen molar-refractivity contribution in [2.45, 2.75) is 117 Å². The lowest BCUT2D eigenvalue weighted by Gasteiger charge is -2.07. The van der Waals surface area contributed by atoms with Crippen molar-refractivity contribution in [2.24, 2.45) is 0 Å². The van der Waals surface area contributed by atoms with E-state index < -0.39 is 0 Å². The molecule has 0 aliphatic heterocycles. The highest BCUT2D eigenvalue weighted by molar-refractivity contribution is 7.30. The molecule has 3 aromatic rings. The summed E-state index contributed by atoms with van der Waals surface area (Å²) in [4.78, 5) is 14.4. The van der Waals surface area contributed by atoms with Crippen molar-refractivity contribution < 1.29 is 14.3 Å². The van der Waals surface area contributed by atoms with Gasteiger partial charge in [-0.1, -0.05) is 104 Å². The van der Waals surface area contributed by atoms with Gasteiger partial charge >= 0.3 is 5.97 Å². The number of esters is 1. The molecule has 3 nitrogen and oxygen atoms in total. The van der Waals surface area contributed by atoms with Gasteiger partial charge in [-0.2, -0.15) is 0 Å². The van der Waals surface area contributed by atoms with Crippen LogP contribution < -0.4 is 4.74 Å². The van der Waals surface area contributed by atoms with Gasteiger partial charge in [0.15, 0.2) is 0 Å². The summed E-state index contributed by atoms with van der Waals surface area (Å²) < 4.78 is 13.8. The Bertz CT molecular complexity index is 1000. The summed E-state index contributed by atoms with van der Waals surface area (Å²) in [5.74, 6) is 0.762. The van der Waals surface area contributed by atoms with Gasteiger partial charge in [-0.25, -0.2) is 4.79 Å². The van der Waals surface area contributed by atoms with Gasteiger partial charge in [0, 0.05) is 14.3 Å². The van der Waals surface area contributed by atoms with Crippen LogP contribution in [0.25, 0.3) is 19.8 Å². The Morgan fingerprint density at radius 1 is 0.632 bits per heavy atom. The summed E-state index contributed by atoms with van der Waals surface area (Å²) in [6.45, 7) is 5.83. The number of benzene rings is 1. The summed E-state index contributed by atoms with van der Waals surface area (Å²) in [7, 11) is 0. The molecule has 2 heterocycles. The number of hydrogen-bond donors (Lipinski definition) is 0. The highest BCUT2D eigenvalue weighted by Crippen LogP contribution is 2.39. The van der Waals surface area contributed by atoms with Gasteiger partial charge in [-0.05, 0) is 54.8 Å². The maximum Gasteiger partial charge on any atom is 0.348 e. The van der Waals surface area contributed by atoms with Crippen LogP contribution >= 0.6 is 22.7 Å². The second-order valence-electron chi connectivity index (χ2n) is 10.4. The molecule has 0 saturated carbocycles. The largest absolute Gasteiger partial charge is 0.494 e. The van der Waals surface area contributed by atoms with Crippen molar-refractivity contribution >= 4 is 38.0 Å². The maximum atomic E-state index is 12.5. The van der Waals surface area contributed by atoms with Crippen LogP contribution in [0.4, 0.5) is 0 Å².